The largest absolute Gasteiger partial charge is 0.319 e. The maximum Gasteiger partial charge on any atom is 0.159 e. The highest BCUT2D eigenvalue weighted by molar-refractivity contribution is 6.30. The standard InChI is InChI=1S/C11H13ClN4/c1-13-7-11(4-5-11)10-14-9-3-2-8(12)6-16(9)15-10/h2-3,6,13H,4-5,7H2,1H3. The molecule has 0 unspecified atom stereocenters. The molecule has 84 valence electrons. The fourth-order valence-electron chi connectivity index (χ4n) is 2.05. The van der Waals surface area contributed by atoms with Gasteiger partial charge in [0.15, 0.2) is 11.5 Å². The molecule has 4 nitrogen and oxygen atoms in total. The first-order valence-corrected chi connectivity index (χ1v) is 5.78. The molecule has 0 spiro atoms. The summed E-state index contributed by atoms with van der Waals surface area (Å²) in [6, 6.07) is 3.74. The van der Waals surface area contributed by atoms with Crippen molar-refractivity contribution in [2.24, 2.45) is 0 Å². The van der Waals surface area contributed by atoms with Crippen molar-refractivity contribution in [3.8, 4) is 0 Å². The van der Waals surface area contributed by atoms with E-state index in [1.54, 1.807) is 10.7 Å². The molecular formula is C11H13ClN4. The molecular weight excluding hydrogens is 224 g/mol. The van der Waals surface area contributed by atoms with Crippen LogP contribution in [-0.2, 0) is 5.41 Å². The Morgan fingerprint density at radius 2 is 2.31 bits per heavy atom. The Hall–Kier alpha value is -1.13. The lowest BCUT2D eigenvalue weighted by atomic mass is 10.1. The number of pyridine rings is 1. The van der Waals surface area contributed by atoms with Gasteiger partial charge in [-0.15, -0.1) is 0 Å². The first-order chi connectivity index (χ1) is 7.73. The smallest absolute Gasteiger partial charge is 0.159 e. The van der Waals surface area contributed by atoms with Gasteiger partial charge in [0.25, 0.3) is 0 Å². The maximum absolute atomic E-state index is 5.92. The van der Waals surface area contributed by atoms with Gasteiger partial charge in [0.05, 0.1) is 5.02 Å². The van der Waals surface area contributed by atoms with Crippen LogP contribution in [0.3, 0.4) is 0 Å². The molecule has 3 rings (SSSR count). The van der Waals surface area contributed by atoms with E-state index in [1.807, 2.05) is 19.2 Å². The molecule has 2 aromatic rings. The minimum atomic E-state index is 0.160. The Bertz CT molecular complexity index is 530. The number of hydrogen-bond donors (Lipinski definition) is 1. The molecule has 2 aromatic heterocycles. The van der Waals surface area contributed by atoms with Gasteiger partial charge in [0.2, 0.25) is 0 Å². The van der Waals surface area contributed by atoms with Crippen LogP contribution in [0.5, 0.6) is 0 Å². The summed E-state index contributed by atoms with van der Waals surface area (Å²) in [5.74, 6) is 0.934. The van der Waals surface area contributed by atoms with Crippen molar-refractivity contribution < 1.29 is 0 Å². The van der Waals surface area contributed by atoms with Crippen LogP contribution in [-0.4, -0.2) is 28.2 Å². The van der Waals surface area contributed by atoms with Crippen molar-refractivity contribution in [3.63, 3.8) is 0 Å². The summed E-state index contributed by atoms with van der Waals surface area (Å²) >= 11 is 5.92. The number of fused-ring (bicyclic) bond motifs is 1. The molecule has 1 saturated carbocycles. The SMILES string of the molecule is CNCC1(c2nc3ccc(Cl)cn3n2)CC1. The third-order valence-electron chi connectivity index (χ3n) is 3.14. The number of rotatable bonds is 3. The highest BCUT2D eigenvalue weighted by Crippen LogP contribution is 2.46. The van der Waals surface area contributed by atoms with Crippen LogP contribution >= 0.6 is 11.6 Å². The van der Waals surface area contributed by atoms with E-state index in [2.05, 4.69) is 15.4 Å². The van der Waals surface area contributed by atoms with Gasteiger partial charge in [0.1, 0.15) is 0 Å². The minimum Gasteiger partial charge on any atom is -0.319 e. The Balaban J connectivity index is 2.05. The summed E-state index contributed by atoms with van der Waals surface area (Å²) in [5.41, 5.74) is 1.02. The number of likely N-dealkylation sites (N-methyl/N-ethyl adjacent to an activating group) is 1. The lowest BCUT2D eigenvalue weighted by molar-refractivity contribution is 0.587. The molecule has 1 fully saturated rings. The average molecular weight is 237 g/mol. The summed E-state index contributed by atoms with van der Waals surface area (Å²) in [4.78, 5) is 4.56. The van der Waals surface area contributed by atoms with Crippen molar-refractivity contribution in [2.75, 3.05) is 13.6 Å². The number of halogens is 1. The predicted octanol–water partition coefficient (Wildman–Crippen LogP) is 1.63. The van der Waals surface area contributed by atoms with E-state index >= 15 is 0 Å². The number of nitrogens with zero attached hydrogens (tertiary/aromatic N) is 3. The van der Waals surface area contributed by atoms with E-state index in [1.165, 1.54) is 12.8 Å². The summed E-state index contributed by atoms with van der Waals surface area (Å²) in [7, 11) is 1.97. The Labute approximate surface area is 98.6 Å². The topological polar surface area (TPSA) is 42.2 Å². The molecule has 0 saturated heterocycles. The molecule has 0 amide bonds. The van der Waals surface area contributed by atoms with Gasteiger partial charge in [0, 0.05) is 18.2 Å². The fraction of sp³-hybridized carbons (Fsp3) is 0.455. The third-order valence-corrected chi connectivity index (χ3v) is 3.36. The molecule has 0 radical (unpaired) electrons. The summed E-state index contributed by atoms with van der Waals surface area (Å²) < 4.78 is 1.76. The van der Waals surface area contributed by atoms with Gasteiger partial charge in [-0.1, -0.05) is 11.6 Å². The number of nitrogens with one attached hydrogen (secondary N) is 1. The zero-order valence-corrected chi connectivity index (χ0v) is 9.83. The Morgan fingerprint density at radius 3 is 3.00 bits per heavy atom. The van der Waals surface area contributed by atoms with Crippen molar-refractivity contribution in [1.29, 1.82) is 0 Å². The lowest BCUT2D eigenvalue weighted by Crippen LogP contribution is -2.24. The molecule has 1 N–H and O–H groups in total. The van der Waals surface area contributed by atoms with Crippen molar-refractivity contribution >= 4 is 17.2 Å². The van der Waals surface area contributed by atoms with Gasteiger partial charge in [-0.3, -0.25) is 0 Å². The molecule has 0 aliphatic heterocycles. The van der Waals surface area contributed by atoms with Crippen molar-refractivity contribution in [2.45, 2.75) is 18.3 Å². The van der Waals surface area contributed by atoms with E-state index in [0.717, 1.165) is 18.0 Å². The monoisotopic (exact) mass is 236 g/mol. The second-order valence-corrected chi connectivity index (χ2v) is 4.83. The van der Waals surface area contributed by atoms with Gasteiger partial charge < -0.3 is 5.32 Å². The summed E-state index contributed by atoms with van der Waals surface area (Å²) in [6.07, 6.45) is 4.12. The third kappa shape index (κ3) is 1.49. The van der Waals surface area contributed by atoms with Crippen LogP contribution in [0.2, 0.25) is 5.02 Å². The average Bonchev–Trinajstić information content (AvgIpc) is 2.91. The molecule has 0 atom stereocenters. The molecule has 1 aliphatic rings. The zero-order chi connectivity index (χ0) is 11.2. The minimum absolute atomic E-state index is 0.160. The quantitative estimate of drug-likeness (QED) is 0.881. The van der Waals surface area contributed by atoms with E-state index in [4.69, 9.17) is 11.6 Å². The van der Waals surface area contributed by atoms with Gasteiger partial charge in [-0.05, 0) is 32.0 Å². The molecule has 16 heavy (non-hydrogen) atoms. The Morgan fingerprint density at radius 1 is 1.50 bits per heavy atom. The molecule has 2 heterocycles. The maximum atomic E-state index is 5.92. The number of aromatic nitrogens is 3. The van der Waals surface area contributed by atoms with Gasteiger partial charge in [-0.2, -0.15) is 5.10 Å². The van der Waals surface area contributed by atoms with Crippen LogP contribution in [0, 0.1) is 0 Å². The first kappa shape index (κ1) is 10.1. The molecule has 1 aliphatic carbocycles. The van der Waals surface area contributed by atoms with E-state index in [0.29, 0.717) is 5.02 Å². The normalized spacial score (nSPS) is 17.9. The van der Waals surface area contributed by atoms with Crippen LogP contribution in [0.1, 0.15) is 18.7 Å². The number of hydrogen-bond acceptors (Lipinski definition) is 3. The summed E-state index contributed by atoms with van der Waals surface area (Å²) in [5, 5.41) is 8.40. The first-order valence-electron chi connectivity index (χ1n) is 5.41. The molecule has 5 heteroatoms. The van der Waals surface area contributed by atoms with E-state index in [-0.39, 0.29) is 5.41 Å². The fourth-order valence-corrected chi connectivity index (χ4v) is 2.21. The van der Waals surface area contributed by atoms with Crippen LogP contribution in [0.4, 0.5) is 0 Å². The van der Waals surface area contributed by atoms with E-state index in [9.17, 15) is 0 Å². The highest BCUT2D eigenvalue weighted by atomic mass is 35.5. The second kappa shape index (κ2) is 3.43. The lowest BCUT2D eigenvalue weighted by Gasteiger charge is -2.08. The van der Waals surface area contributed by atoms with Crippen molar-refractivity contribution in [3.05, 3.63) is 29.2 Å². The predicted molar refractivity (Wildman–Crippen MR) is 62.8 cm³/mol. The molecule has 0 bridgehead atoms. The van der Waals surface area contributed by atoms with Crippen LogP contribution in [0.15, 0.2) is 18.3 Å². The second-order valence-electron chi connectivity index (χ2n) is 4.40. The molecule has 0 aromatic carbocycles. The highest BCUT2D eigenvalue weighted by Gasteiger charge is 2.47. The zero-order valence-electron chi connectivity index (χ0n) is 9.07. The van der Waals surface area contributed by atoms with Gasteiger partial charge in [-0.25, -0.2) is 9.50 Å². The van der Waals surface area contributed by atoms with Crippen molar-refractivity contribution in [1.82, 2.24) is 19.9 Å². The Kier molecular flexibility index (Phi) is 2.16. The van der Waals surface area contributed by atoms with Crippen LogP contribution in [0.25, 0.3) is 5.65 Å². The summed E-state index contributed by atoms with van der Waals surface area (Å²) in [6.45, 7) is 0.942. The van der Waals surface area contributed by atoms with E-state index < -0.39 is 0 Å². The van der Waals surface area contributed by atoms with Gasteiger partial charge >= 0.3 is 0 Å². The van der Waals surface area contributed by atoms with Crippen LogP contribution < -0.4 is 5.32 Å².